The van der Waals surface area contributed by atoms with Crippen LogP contribution in [-0.4, -0.2) is 28.2 Å². The summed E-state index contributed by atoms with van der Waals surface area (Å²) in [6.07, 6.45) is 1.76. The third kappa shape index (κ3) is 2.58. The van der Waals surface area contributed by atoms with Crippen LogP contribution < -0.4 is 0 Å². The maximum atomic E-state index is 12.0. The van der Waals surface area contributed by atoms with Gasteiger partial charge < -0.3 is 9.72 Å². The summed E-state index contributed by atoms with van der Waals surface area (Å²) < 4.78 is 5.05. The van der Waals surface area contributed by atoms with Gasteiger partial charge in [-0.3, -0.25) is 15.1 Å². The Balaban J connectivity index is 2.00. The van der Waals surface area contributed by atoms with Gasteiger partial charge in [-0.15, -0.1) is 0 Å². The third-order valence-electron chi connectivity index (χ3n) is 4.10. The molecular weight excluding hydrogens is 310 g/mol. The molecular formula is C17H17N3O4. The van der Waals surface area contributed by atoms with Crippen LogP contribution in [0, 0.1) is 17.0 Å². The van der Waals surface area contributed by atoms with E-state index in [0.717, 1.165) is 22.4 Å². The van der Waals surface area contributed by atoms with Crippen LogP contribution in [0.3, 0.4) is 0 Å². The highest BCUT2D eigenvalue weighted by Gasteiger charge is 2.25. The Labute approximate surface area is 138 Å². The molecule has 1 aromatic carbocycles. The van der Waals surface area contributed by atoms with Crippen LogP contribution in [-0.2, 0) is 9.53 Å². The predicted molar refractivity (Wildman–Crippen MR) is 90.2 cm³/mol. The number of H-pyrrole nitrogens is 1. The zero-order valence-corrected chi connectivity index (χ0v) is 13.7. The molecule has 0 saturated carbocycles. The molecule has 1 aromatic heterocycles. The lowest BCUT2D eigenvalue weighted by Crippen LogP contribution is -2.10. The second-order valence-corrected chi connectivity index (χ2v) is 5.67. The van der Waals surface area contributed by atoms with E-state index in [1.807, 2.05) is 13.0 Å². The molecule has 0 bridgehead atoms. The summed E-state index contributed by atoms with van der Waals surface area (Å²) in [6, 6.07) is 3.67. The van der Waals surface area contributed by atoms with E-state index in [1.54, 1.807) is 19.9 Å². The molecule has 7 heteroatoms. The van der Waals surface area contributed by atoms with Crippen LogP contribution in [0.4, 0.5) is 5.69 Å². The predicted octanol–water partition coefficient (Wildman–Crippen LogP) is 3.41. The maximum absolute atomic E-state index is 12.0. The zero-order valence-electron chi connectivity index (χ0n) is 13.7. The number of benzene rings is 1. The van der Waals surface area contributed by atoms with Crippen molar-refractivity contribution in [1.29, 1.82) is 0 Å². The van der Waals surface area contributed by atoms with Gasteiger partial charge in [0.2, 0.25) is 0 Å². The van der Waals surface area contributed by atoms with Gasteiger partial charge in [-0.05, 0) is 44.0 Å². The van der Waals surface area contributed by atoms with Crippen molar-refractivity contribution < 1.29 is 14.5 Å². The Hall–Kier alpha value is -2.96. The molecule has 0 atom stereocenters. The first kappa shape index (κ1) is 15.9. The molecule has 24 heavy (non-hydrogen) atoms. The fraction of sp³-hybridized carbons (Fsp3) is 0.294. The van der Waals surface area contributed by atoms with Crippen molar-refractivity contribution in [2.24, 2.45) is 4.99 Å². The van der Waals surface area contributed by atoms with Gasteiger partial charge in [0.1, 0.15) is 0 Å². The number of ether oxygens (including phenoxy) is 1. The average Bonchev–Trinajstić information content (AvgIpc) is 3.11. The van der Waals surface area contributed by atoms with E-state index < -0.39 is 4.92 Å². The average molecular weight is 327 g/mol. The summed E-state index contributed by atoms with van der Waals surface area (Å²) in [5, 5.41) is 11.7. The summed E-state index contributed by atoms with van der Waals surface area (Å²) >= 11 is 0. The van der Waals surface area contributed by atoms with Crippen LogP contribution in [0.25, 0.3) is 10.9 Å². The number of aryl methyl sites for hydroxylation is 1. The van der Waals surface area contributed by atoms with Crippen LogP contribution >= 0.6 is 0 Å². The van der Waals surface area contributed by atoms with Crippen LogP contribution in [0.2, 0.25) is 0 Å². The molecule has 2 aromatic rings. The number of fused-ring (bicyclic) bond motifs is 1. The highest BCUT2D eigenvalue weighted by Crippen LogP contribution is 2.31. The Morgan fingerprint density at radius 1 is 1.42 bits per heavy atom. The number of carbonyl (C=O) groups excluding carboxylic acids is 1. The summed E-state index contributed by atoms with van der Waals surface area (Å²) in [4.78, 5) is 30.1. The van der Waals surface area contributed by atoms with Gasteiger partial charge in [-0.2, -0.15) is 0 Å². The van der Waals surface area contributed by atoms with Crippen molar-refractivity contribution >= 4 is 28.3 Å². The van der Waals surface area contributed by atoms with E-state index in [4.69, 9.17) is 4.74 Å². The molecule has 0 aliphatic carbocycles. The smallest absolute Gasteiger partial charge is 0.336 e. The van der Waals surface area contributed by atoms with Crippen molar-refractivity contribution in [2.75, 3.05) is 6.61 Å². The second kappa shape index (κ2) is 5.92. The molecule has 0 unspecified atom stereocenters. The fourth-order valence-electron chi connectivity index (χ4n) is 2.93. The van der Waals surface area contributed by atoms with Crippen molar-refractivity contribution in [3.8, 4) is 0 Å². The van der Waals surface area contributed by atoms with Gasteiger partial charge in [-0.25, -0.2) is 4.79 Å². The number of esters is 1. The maximum Gasteiger partial charge on any atom is 0.336 e. The van der Waals surface area contributed by atoms with Gasteiger partial charge in [-0.1, -0.05) is 0 Å². The number of aliphatic imine (C=N–C) groups is 1. The molecule has 2 heterocycles. The summed E-state index contributed by atoms with van der Waals surface area (Å²) in [6.45, 7) is 5.72. The number of hydrogen-bond acceptors (Lipinski definition) is 5. The highest BCUT2D eigenvalue weighted by atomic mass is 16.6. The summed E-state index contributed by atoms with van der Waals surface area (Å²) in [5.41, 5.74) is 4.32. The van der Waals surface area contributed by atoms with Gasteiger partial charge >= 0.3 is 5.97 Å². The van der Waals surface area contributed by atoms with E-state index in [1.165, 1.54) is 6.20 Å². The third-order valence-corrected chi connectivity index (χ3v) is 4.10. The second-order valence-electron chi connectivity index (χ2n) is 5.67. The van der Waals surface area contributed by atoms with Crippen molar-refractivity contribution in [3.63, 3.8) is 0 Å². The van der Waals surface area contributed by atoms with Gasteiger partial charge in [0.05, 0.1) is 39.9 Å². The molecule has 0 radical (unpaired) electrons. The summed E-state index contributed by atoms with van der Waals surface area (Å²) in [5.74, 6) is -0.362. The van der Waals surface area contributed by atoms with Crippen LogP contribution in [0.5, 0.6) is 0 Å². The topological polar surface area (TPSA) is 97.6 Å². The van der Waals surface area contributed by atoms with E-state index in [9.17, 15) is 14.9 Å². The lowest BCUT2D eigenvalue weighted by Gasteiger charge is -2.06. The van der Waals surface area contributed by atoms with E-state index in [0.29, 0.717) is 29.7 Å². The monoisotopic (exact) mass is 327 g/mol. The number of allylic oxidation sites excluding steroid dienone is 1. The molecule has 0 spiro atoms. The number of rotatable bonds is 4. The molecule has 0 saturated heterocycles. The number of nitrogens with one attached hydrogen (secondary N) is 1. The minimum atomic E-state index is -0.411. The standard InChI is InChI=1S/C17H17N3O4/c1-4-24-17(21)12-7-14(19-10(12)3)11-5-9(2)16-13(6-11)15(8-18-16)20(22)23/h5-6,8,18H,4,7H2,1-3H3. The normalized spacial score (nSPS) is 14.2. The lowest BCUT2D eigenvalue weighted by atomic mass is 10.00. The number of aromatic amines is 1. The molecule has 1 aliphatic rings. The van der Waals surface area contributed by atoms with Crippen molar-refractivity contribution in [2.45, 2.75) is 27.2 Å². The number of hydrogen-bond donors (Lipinski definition) is 1. The van der Waals surface area contributed by atoms with Gasteiger partial charge in [0.25, 0.3) is 5.69 Å². The van der Waals surface area contributed by atoms with Crippen molar-refractivity contribution in [1.82, 2.24) is 4.98 Å². The molecule has 0 fully saturated rings. The molecule has 124 valence electrons. The fourth-order valence-corrected chi connectivity index (χ4v) is 2.93. The zero-order chi connectivity index (χ0) is 17.4. The number of nitrogens with zero attached hydrogens (tertiary/aromatic N) is 2. The van der Waals surface area contributed by atoms with E-state index in [-0.39, 0.29) is 11.7 Å². The van der Waals surface area contributed by atoms with Crippen LogP contribution in [0.15, 0.2) is 34.6 Å². The minimum absolute atomic E-state index is 0.0313. The highest BCUT2D eigenvalue weighted by molar-refractivity contribution is 6.12. The first-order valence-corrected chi connectivity index (χ1v) is 7.63. The van der Waals surface area contributed by atoms with E-state index in [2.05, 4.69) is 9.98 Å². The first-order valence-electron chi connectivity index (χ1n) is 7.63. The lowest BCUT2D eigenvalue weighted by molar-refractivity contribution is -0.383. The first-order chi connectivity index (χ1) is 11.4. The SMILES string of the molecule is CCOC(=O)C1=C(C)N=C(c2cc(C)c3[nH]cc([N+](=O)[O-])c3c2)C1. The Morgan fingerprint density at radius 2 is 2.17 bits per heavy atom. The van der Waals surface area contributed by atoms with Gasteiger partial charge in [0, 0.05) is 12.1 Å². The van der Waals surface area contributed by atoms with E-state index >= 15 is 0 Å². The molecule has 0 amide bonds. The van der Waals surface area contributed by atoms with Crippen LogP contribution in [0.1, 0.15) is 31.4 Å². The van der Waals surface area contributed by atoms with Crippen molar-refractivity contribution in [3.05, 3.63) is 50.8 Å². The van der Waals surface area contributed by atoms with Gasteiger partial charge in [0.15, 0.2) is 0 Å². The molecule has 1 N–H and O–H groups in total. The quantitative estimate of drug-likeness (QED) is 0.528. The molecule has 3 rings (SSSR count). The Morgan fingerprint density at radius 3 is 2.83 bits per heavy atom. The Kier molecular flexibility index (Phi) is 3.92. The number of aromatic nitrogens is 1. The summed E-state index contributed by atoms with van der Waals surface area (Å²) in [7, 11) is 0. The minimum Gasteiger partial charge on any atom is -0.463 e. The molecule has 1 aliphatic heterocycles. The molecule has 7 nitrogen and oxygen atoms in total. The Bertz CT molecular complexity index is 921. The number of nitro groups is 1. The largest absolute Gasteiger partial charge is 0.463 e. The number of carbonyl (C=O) groups is 1.